The molecule has 0 saturated carbocycles. The molecular formula is C20H23FN4O3S. The number of benzene rings is 1. The lowest BCUT2D eigenvalue weighted by atomic mass is 10.1. The molecule has 2 aliphatic rings. The van der Waals surface area contributed by atoms with Crippen LogP contribution in [0, 0.1) is 6.92 Å². The highest BCUT2D eigenvalue weighted by Gasteiger charge is 2.32. The average Bonchev–Trinajstić information content (AvgIpc) is 3.09. The van der Waals surface area contributed by atoms with Crippen LogP contribution in [-0.4, -0.2) is 43.8 Å². The van der Waals surface area contributed by atoms with Crippen LogP contribution < -0.4 is 4.90 Å². The van der Waals surface area contributed by atoms with Gasteiger partial charge < -0.3 is 14.2 Å². The van der Waals surface area contributed by atoms with Crippen LogP contribution in [0.3, 0.4) is 0 Å². The lowest BCUT2D eigenvalue weighted by Gasteiger charge is -2.34. The van der Waals surface area contributed by atoms with Crippen molar-refractivity contribution >= 4 is 21.9 Å². The van der Waals surface area contributed by atoms with Crippen molar-refractivity contribution in [3.8, 4) is 0 Å². The first-order chi connectivity index (χ1) is 13.9. The number of hydrogen-bond acceptors (Lipinski definition) is 6. The smallest absolute Gasteiger partial charge is 0.175 e. The molecule has 29 heavy (non-hydrogen) atoms. The summed E-state index contributed by atoms with van der Waals surface area (Å²) < 4.78 is 46.1. The SMILES string of the molecule is Cc1ncc(C2C(F)=CN=CN2c2ccc(S(C)(=O)=O)cc2)n1C1CCOCC1. The zero-order valence-corrected chi connectivity index (χ0v) is 17.1. The van der Waals surface area contributed by atoms with Gasteiger partial charge in [-0.05, 0) is 44.0 Å². The summed E-state index contributed by atoms with van der Waals surface area (Å²) in [4.78, 5) is 10.4. The van der Waals surface area contributed by atoms with E-state index in [4.69, 9.17) is 4.74 Å². The second-order valence-corrected chi connectivity index (χ2v) is 9.31. The summed E-state index contributed by atoms with van der Waals surface area (Å²) in [6.45, 7) is 3.26. The Hall–Kier alpha value is -2.52. The van der Waals surface area contributed by atoms with Crippen LogP contribution in [0.1, 0.15) is 36.4 Å². The fourth-order valence-corrected chi connectivity index (χ4v) is 4.53. The molecule has 0 aliphatic carbocycles. The maximum Gasteiger partial charge on any atom is 0.175 e. The molecule has 1 aromatic heterocycles. The van der Waals surface area contributed by atoms with E-state index in [1.54, 1.807) is 29.6 Å². The Morgan fingerprint density at radius 3 is 2.52 bits per heavy atom. The van der Waals surface area contributed by atoms with Crippen LogP contribution in [0.4, 0.5) is 10.1 Å². The first kappa shape index (κ1) is 19.8. The van der Waals surface area contributed by atoms with E-state index >= 15 is 4.39 Å². The van der Waals surface area contributed by atoms with E-state index in [-0.39, 0.29) is 10.9 Å². The molecule has 0 amide bonds. The number of imidazole rings is 1. The van der Waals surface area contributed by atoms with E-state index in [0.29, 0.717) is 18.9 Å². The largest absolute Gasteiger partial charge is 0.381 e. The van der Waals surface area contributed by atoms with Crippen molar-refractivity contribution in [1.82, 2.24) is 9.55 Å². The summed E-state index contributed by atoms with van der Waals surface area (Å²) in [5.74, 6) is 0.433. The molecule has 0 N–H and O–H groups in total. The van der Waals surface area contributed by atoms with Gasteiger partial charge in [0.05, 0.1) is 29.3 Å². The van der Waals surface area contributed by atoms with Crippen LogP contribution in [0.5, 0.6) is 0 Å². The maximum absolute atomic E-state index is 15.0. The molecule has 1 atom stereocenters. The minimum atomic E-state index is -3.31. The Kier molecular flexibility index (Phi) is 5.26. The van der Waals surface area contributed by atoms with Gasteiger partial charge in [-0.3, -0.25) is 0 Å². The molecule has 1 unspecified atom stereocenters. The number of nitrogens with zero attached hydrogens (tertiary/aromatic N) is 4. The standard InChI is InChI=1S/C20H23FN4O3S/c1-14-23-12-19(25(14)16-7-9-28-10-8-16)20-18(21)11-22-13-24(20)15-3-5-17(6-4-15)29(2,26)27/h3-6,11-13,16,20H,7-10H2,1-2H3. The Labute approximate surface area is 169 Å². The van der Waals surface area contributed by atoms with Gasteiger partial charge in [0.15, 0.2) is 9.84 Å². The zero-order valence-electron chi connectivity index (χ0n) is 16.3. The predicted molar refractivity (Wildman–Crippen MR) is 109 cm³/mol. The minimum Gasteiger partial charge on any atom is -0.381 e. The number of aromatic nitrogens is 2. The number of aliphatic imine (C=N–C) groups is 1. The van der Waals surface area contributed by atoms with Crippen LogP contribution in [0.25, 0.3) is 0 Å². The van der Waals surface area contributed by atoms with E-state index < -0.39 is 21.7 Å². The number of hydrogen-bond donors (Lipinski definition) is 0. The predicted octanol–water partition coefficient (Wildman–Crippen LogP) is 3.35. The van der Waals surface area contributed by atoms with Gasteiger partial charge in [0.1, 0.15) is 17.7 Å². The first-order valence-corrected chi connectivity index (χ1v) is 11.3. The molecule has 2 aromatic rings. The highest BCUT2D eigenvalue weighted by Crippen LogP contribution is 2.38. The normalized spacial score (nSPS) is 20.7. The number of anilines is 1. The van der Waals surface area contributed by atoms with E-state index in [0.717, 1.165) is 30.6 Å². The number of aryl methyl sites for hydroxylation is 1. The molecule has 1 saturated heterocycles. The quantitative estimate of drug-likeness (QED) is 0.761. The van der Waals surface area contributed by atoms with Gasteiger partial charge in [-0.2, -0.15) is 0 Å². The van der Waals surface area contributed by atoms with Crippen LogP contribution in [0.15, 0.2) is 52.4 Å². The molecule has 7 nitrogen and oxygen atoms in total. The molecule has 0 spiro atoms. The molecule has 3 heterocycles. The maximum atomic E-state index is 15.0. The van der Waals surface area contributed by atoms with E-state index in [1.165, 1.54) is 18.3 Å². The van der Waals surface area contributed by atoms with Crippen molar-refractivity contribution < 1.29 is 17.5 Å². The van der Waals surface area contributed by atoms with Crippen molar-refractivity contribution in [2.24, 2.45) is 4.99 Å². The molecule has 1 aromatic carbocycles. The minimum absolute atomic E-state index is 0.197. The van der Waals surface area contributed by atoms with Gasteiger partial charge in [0.25, 0.3) is 0 Å². The topological polar surface area (TPSA) is 76.8 Å². The lowest BCUT2D eigenvalue weighted by Crippen LogP contribution is -2.33. The Bertz CT molecular complexity index is 1050. The summed E-state index contributed by atoms with van der Waals surface area (Å²) in [6.07, 6.45) is 7.33. The molecule has 9 heteroatoms. The average molecular weight is 418 g/mol. The summed E-state index contributed by atoms with van der Waals surface area (Å²) in [6, 6.07) is 5.84. The van der Waals surface area contributed by atoms with Crippen molar-refractivity contribution in [2.45, 2.75) is 36.7 Å². The van der Waals surface area contributed by atoms with Crippen LogP contribution in [0.2, 0.25) is 0 Å². The van der Waals surface area contributed by atoms with Gasteiger partial charge in [0, 0.05) is 31.2 Å². The summed E-state index contributed by atoms with van der Waals surface area (Å²) >= 11 is 0. The monoisotopic (exact) mass is 418 g/mol. The second-order valence-electron chi connectivity index (χ2n) is 7.30. The van der Waals surface area contributed by atoms with E-state index in [1.807, 2.05) is 6.92 Å². The fourth-order valence-electron chi connectivity index (χ4n) is 3.90. The van der Waals surface area contributed by atoms with Gasteiger partial charge in [-0.15, -0.1) is 0 Å². The number of rotatable bonds is 4. The molecule has 0 radical (unpaired) electrons. The zero-order chi connectivity index (χ0) is 20.6. The van der Waals surface area contributed by atoms with Crippen molar-refractivity contribution in [3.05, 3.63) is 54.0 Å². The second kappa shape index (κ2) is 7.72. The van der Waals surface area contributed by atoms with E-state index in [2.05, 4.69) is 14.5 Å². The Morgan fingerprint density at radius 2 is 1.86 bits per heavy atom. The molecular weight excluding hydrogens is 395 g/mol. The third kappa shape index (κ3) is 3.84. The third-order valence-electron chi connectivity index (χ3n) is 5.34. The Morgan fingerprint density at radius 1 is 1.17 bits per heavy atom. The van der Waals surface area contributed by atoms with Crippen molar-refractivity contribution in [1.29, 1.82) is 0 Å². The van der Waals surface area contributed by atoms with Crippen molar-refractivity contribution in [3.63, 3.8) is 0 Å². The van der Waals surface area contributed by atoms with Crippen LogP contribution >= 0.6 is 0 Å². The highest BCUT2D eigenvalue weighted by molar-refractivity contribution is 7.90. The molecule has 2 aliphatic heterocycles. The van der Waals surface area contributed by atoms with Gasteiger partial charge in [-0.1, -0.05) is 0 Å². The number of halogens is 1. The number of sulfone groups is 1. The first-order valence-electron chi connectivity index (χ1n) is 9.45. The summed E-state index contributed by atoms with van der Waals surface area (Å²) in [5.41, 5.74) is 1.38. The molecule has 4 rings (SSSR count). The summed E-state index contributed by atoms with van der Waals surface area (Å²) in [7, 11) is -3.31. The highest BCUT2D eigenvalue weighted by atomic mass is 32.2. The van der Waals surface area contributed by atoms with Gasteiger partial charge >= 0.3 is 0 Å². The molecule has 154 valence electrons. The summed E-state index contributed by atoms with van der Waals surface area (Å²) in [5, 5.41) is 0. The fraction of sp³-hybridized carbons (Fsp3) is 0.400. The molecule has 1 fully saturated rings. The van der Waals surface area contributed by atoms with Gasteiger partial charge in [0.2, 0.25) is 0 Å². The van der Waals surface area contributed by atoms with E-state index in [9.17, 15) is 8.42 Å². The third-order valence-corrected chi connectivity index (χ3v) is 6.47. The van der Waals surface area contributed by atoms with Crippen LogP contribution in [-0.2, 0) is 14.6 Å². The molecule has 0 bridgehead atoms. The lowest BCUT2D eigenvalue weighted by molar-refractivity contribution is 0.0681. The van der Waals surface area contributed by atoms with Crippen molar-refractivity contribution in [2.75, 3.05) is 24.4 Å². The Balaban J connectivity index is 1.74. The van der Waals surface area contributed by atoms with Gasteiger partial charge in [-0.25, -0.2) is 22.8 Å². The number of ether oxygens (including phenoxy) is 1.